The molecule has 3 N–H and O–H groups in total. The van der Waals surface area contributed by atoms with E-state index in [2.05, 4.69) is 47.2 Å². The summed E-state index contributed by atoms with van der Waals surface area (Å²) in [4.78, 5) is 1.41. The second kappa shape index (κ2) is 5.87. The number of hydrogen-bond donors (Lipinski definition) is 2. The van der Waals surface area contributed by atoms with Gasteiger partial charge in [-0.05, 0) is 48.3 Å². The van der Waals surface area contributed by atoms with E-state index < -0.39 is 0 Å². The van der Waals surface area contributed by atoms with Crippen molar-refractivity contribution in [1.29, 1.82) is 0 Å². The molecule has 0 bridgehead atoms. The Morgan fingerprint density at radius 1 is 1.26 bits per heavy atom. The normalized spacial score (nSPS) is 19.9. The molecule has 3 heteroatoms. The van der Waals surface area contributed by atoms with Crippen LogP contribution in [0.15, 0.2) is 41.8 Å². The topological polar surface area (TPSA) is 38.0 Å². The van der Waals surface area contributed by atoms with Gasteiger partial charge >= 0.3 is 0 Å². The monoisotopic (exact) mass is 272 g/mol. The molecule has 1 aromatic carbocycles. The molecule has 2 atom stereocenters. The zero-order valence-corrected chi connectivity index (χ0v) is 11.8. The predicted octanol–water partition coefficient (Wildman–Crippen LogP) is 3.24. The van der Waals surface area contributed by atoms with Crippen molar-refractivity contribution in [3.63, 3.8) is 0 Å². The third-order valence-electron chi connectivity index (χ3n) is 4.12. The Kier molecular flexibility index (Phi) is 3.97. The number of rotatable bonds is 4. The Morgan fingerprint density at radius 3 is 2.95 bits per heavy atom. The summed E-state index contributed by atoms with van der Waals surface area (Å²) in [6, 6.07) is 13.5. The van der Waals surface area contributed by atoms with E-state index in [4.69, 9.17) is 5.84 Å². The van der Waals surface area contributed by atoms with Gasteiger partial charge in [-0.15, -0.1) is 11.3 Å². The van der Waals surface area contributed by atoms with Crippen molar-refractivity contribution >= 4 is 11.3 Å². The zero-order chi connectivity index (χ0) is 13.1. The number of fused-ring (bicyclic) bond motifs is 1. The third kappa shape index (κ3) is 2.73. The highest BCUT2D eigenvalue weighted by atomic mass is 32.1. The molecular weight excluding hydrogens is 252 g/mol. The quantitative estimate of drug-likeness (QED) is 0.662. The Labute approximate surface area is 118 Å². The second-order valence-corrected chi connectivity index (χ2v) is 6.29. The Morgan fingerprint density at radius 2 is 2.16 bits per heavy atom. The standard InChI is InChI=1S/C16H20N2S/c17-18-16(11-13-7-4-10-19-13)15-9-3-6-12-5-1-2-8-14(12)15/h1-2,4-5,7-8,10,15-16,18H,3,6,9,11,17H2. The minimum absolute atomic E-state index is 0.333. The first-order valence-corrected chi connectivity index (χ1v) is 7.83. The van der Waals surface area contributed by atoms with Gasteiger partial charge in [0.1, 0.15) is 0 Å². The number of thiophene rings is 1. The Bertz CT molecular complexity index is 521. The van der Waals surface area contributed by atoms with E-state index in [1.807, 2.05) is 11.3 Å². The number of hydrogen-bond acceptors (Lipinski definition) is 3. The third-order valence-corrected chi connectivity index (χ3v) is 5.02. The lowest BCUT2D eigenvalue weighted by molar-refractivity contribution is 0.396. The molecule has 0 aliphatic heterocycles. The van der Waals surface area contributed by atoms with Gasteiger partial charge in [0.25, 0.3) is 0 Å². The SMILES string of the molecule is NNC(Cc1cccs1)C1CCCc2ccccc21. The minimum atomic E-state index is 0.333. The van der Waals surface area contributed by atoms with Crippen molar-refractivity contribution in [2.75, 3.05) is 0 Å². The summed E-state index contributed by atoms with van der Waals surface area (Å²) in [6.45, 7) is 0. The summed E-state index contributed by atoms with van der Waals surface area (Å²) in [5.74, 6) is 6.37. The summed E-state index contributed by atoms with van der Waals surface area (Å²) >= 11 is 1.82. The summed E-state index contributed by atoms with van der Waals surface area (Å²) in [5.41, 5.74) is 6.06. The van der Waals surface area contributed by atoms with E-state index in [1.54, 1.807) is 0 Å². The molecule has 1 aliphatic rings. The predicted molar refractivity (Wildman–Crippen MR) is 81.3 cm³/mol. The molecule has 0 fully saturated rings. The van der Waals surface area contributed by atoms with E-state index in [0.717, 1.165) is 6.42 Å². The number of hydrazine groups is 1. The van der Waals surface area contributed by atoms with Crippen LogP contribution in [0.4, 0.5) is 0 Å². The molecule has 0 saturated heterocycles. The molecule has 100 valence electrons. The summed E-state index contributed by atoms with van der Waals surface area (Å²) < 4.78 is 0. The molecule has 0 saturated carbocycles. The van der Waals surface area contributed by atoms with Crippen LogP contribution < -0.4 is 11.3 Å². The maximum atomic E-state index is 5.83. The van der Waals surface area contributed by atoms with Crippen LogP contribution in [0.1, 0.15) is 34.8 Å². The number of nitrogens with two attached hydrogens (primary N) is 1. The first-order chi connectivity index (χ1) is 9.38. The smallest absolute Gasteiger partial charge is 0.0327 e. The molecular formula is C16H20N2S. The number of aryl methyl sites for hydroxylation is 1. The lowest BCUT2D eigenvalue weighted by atomic mass is 9.78. The highest BCUT2D eigenvalue weighted by Crippen LogP contribution is 2.35. The van der Waals surface area contributed by atoms with Crippen molar-refractivity contribution in [3.8, 4) is 0 Å². The fraction of sp³-hybridized carbons (Fsp3) is 0.375. The van der Waals surface area contributed by atoms with Gasteiger partial charge in [-0.1, -0.05) is 30.3 Å². The largest absolute Gasteiger partial charge is 0.271 e. The molecule has 1 aromatic heterocycles. The lowest BCUT2D eigenvalue weighted by Gasteiger charge is -2.32. The highest BCUT2D eigenvalue weighted by Gasteiger charge is 2.27. The molecule has 2 aromatic rings. The maximum Gasteiger partial charge on any atom is 0.0327 e. The summed E-state index contributed by atoms with van der Waals surface area (Å²) in [6.07, 6.45) is 4.73. The summed E-state index contributed by atoms with van der Waals surface area (Å²) in [5, 5.41) is 2.14. The van der Waals surface area contributed by atoms with Crippen molar-refractivity contribution in [3.05, 3.63) is 57.8 Å². The van der Waals surface area contributed by atoms with Gasteiger partial charge < -0.3 is 0 Å². The van der Waals surface area contributed by atoms with E-state index >= 15 is 0 Å². The van der Waals surface area contributed by atoms with Gasteiger partial charge in [0.2, 0.25) is 0 Å². The van der Waals surface area contributed by atoms with Gasteiger partial charge in [-0.25, -0.2) is 0 Å². The molecule has 0 amide bonds. The average molecular weight is 272 g/mol. The minimum Gasteiger partial charge on any atom is -0.271 e. The highest BCUT2D eigenvalue weighted by molar-refractivity contribution is 7.09. The maximum absolute atomic E-state index is 5.83. The van der Waals surface area contributed by atoms with Crippen LogP contribution in [0, 0.1) is 0 Å². The van der Waals surface area contributed by atoms with Gasteiger partial charge in [0.15, 0.2) is 0 Å². The van der Waals surface area contributed by atoms with Crippen molar-refractivity contribution < 1.29 is 0 Å². The number of benzene rings is 1. The van der Waals surface area contributed by atoms with Crippen LogP contribution >= 0.6 is 11.3 Å². The van der Waals surface area contributed by atoms with Crippen LogP contribution in [0.3, 0.4) is 0 Å². The van der Waals surface area contributed by atoms with E-state index in [1.165, 1.54) is 35.3 Å². The zero-order valence-electron chi connectivity index (χ0n) is 11.0. The fourth-order valence-electron chi connectivity index (χ4n) is 3.17. The van der Waals surface area contributed by atoms with E-state index in [-0.39, 0.29) is 0 Å². The molecule has 1 heterocycles. The average Bonchev–Trinajstić information content (AvgIpc) is 2.97. The van der Waals surface area contributed by atoms with Gasteiger partial charge in [0, 0.05) is 16.8 Å². The molecule has 0 radical (unpaired) electrons. The van der Waals surface area contributed by atoms with Crippen LogP contribution in [0.5, 0.6) is 0 Å². The molecule has 2 nitrogen and oxygen atoms in total. The fourth-order valence-corrected chi connectivity index (χ4v) is 3.94. The van der Waals surface area contributed by atoms with E-state index in [0.29, 0.717) is 12.0 Å². The lowest BCUT2D eigenvalue weighted by Crippen LogP contribution is -2.42. The number of nitrogens with one attached hydrogen (secondary N) is 1. The molecule has 19 heavy (non-hydrogen) atoms. The Balaban J connectivity index is 1.84. The second-order valence-electron chi connectivity index (χ2n) is 5.25. The van der Waals surface area contributed by atoms with Crippen LogP contribution in [-0.2, 0) is 12.8 Å². The van der Waals surface area contributed by atoms with Crippen LogP contribution in [0.25, 0.3) is 0 Å². The molecule has 0 spiro atoms. The van der Waals surface area contributed by atoms with Gasteiger partial charge in [-0.2, -0.15) is 0 Å². The summed E-state index contributed by atoms with van der Waals surface area (Å²) in [7, 11) is 0. The van der Waals surface area contributed by atoms with Gasteiger partial charge in [0.05, 0.1) is 0 Å². The van der Waals surface area contributed by atoms with E-state index in [9.17, 15) is 0 Å². The van der Waals surface area contributed by atoms with Crippen LogP contribution in [0.2, 0.25) is 0 Å². The van der Waals surface area contributed by atoms with Crippen molar-refractivity contribution in [2.24, 2.45) is 5.84 Å². The van der Waals surface area contributed by atoms with Crippen molar-refractivity contribution in [1.82, 2.24) is 5.43 Å². The van der Waals surface area contributed by atoms with Gasteiger partial charge in [-0.3, -0.25) is 11.3 Å². The first kappa shape index (κ1) is 12.9. The van der Waals surface area contributed by atoms with Crippen molar-refractivity contribution in [2.45, 2.75) is 37.6 Å². The molecule has 1 aliphatic carbocycles. The molecule has 2 unspecified atom stereocenters. The molecule has 3 rings (SSSR count). The first-order valence-electron chi connectivity index (χ1n) is 6.95. The Hall–Kier alpha value is -1.16. The van der Waals surface area contributed by atoms with Crippen LogP contribution in [-0.4, -0.2) is 6.04 Å².